The first-order chi connectivity index (χ1) is 6.83. The molecule has 0 unspecified atom stereocenters. The highest BCUT2D eigenvalue weighted by Crippen LogP contribution is 2.31. The summed E-state index contributed by atoms with van der Waals surface area (Å²) in [5.74, 6) is 1.94. The first kappa shape index (κ1) is 9.63. The van der Waals surface area contributed by atoms with Crippen molar-refractivity contribution in [3.8, 4) is 0 Å². The number of aryl methyl sites for hydroxylation is 2. The van der Waals surface area contributed by atoms with Crippen LogP contribution >= 0.6 is 0 Å². The van der Waals surface area contributed by atoms with E-state index in [4.69, 9.17) is 0 Å². The first-order valence-corrected chi connectivity index (χ1v) is 5.67. The molecule has 1 heterocycles. The van der Waals surface area contributed by atoms with Gasteiger partial charge in [-0.05, 0) is 37.2 Å². The van der Waals surface area contributed by atoms with Gasteiger partial charge in [-0.15, -0.1) is 0 Å². The van der Waals surface area contributed by atoms with Crippen molar-refractivity contribution in [1.82, 2.24) is 9.97 Å². The van der Waals surface area contributed by atoms with Crippen LogP contribution in [0.1, 0.15) is 43.8 Å². The quantitative estimate of drug-likeness (QED) is 0.729. The number of aromatic nitrogens is 2. The van der Waals surface area contributed by atoms with Crippen molar-refractivity contribution in [1.29, 1.82) is 0 Å². The molecule has 1 fully saturated rings. The van der Waals surface area contributed by atoms with Gasteiger partial charge in [-0.1, -0.05) is 13.8 Å². The van der Waals surface area contributed by atoms with Gasteiger partial charge in [0.1, 0.15) is 5.82 Å². The Labute approximate surface area is 85.8 Å². The number of rotatable bonds is 4. The third-order valence-corrected chi connectivity index (χ3v) is 2.89. The topological polar surface area (TPSA) is 25.8 Å². The minimum absolute atomic E-state index is 0.882. The maximum Gasteiger partial charge on any atom is 0.128 e. The Morgan fingerprint density at radius 1 is 1.29 bits per heavy atom. The van der Waals surface area contributed by atoms with Gasteiger partial charge in [-0.2, -0.15) is 0 Å². The van der Waals surface area contributed by atoms with E-state index < -0.39 is 0 Å². The third kappa shape index (κ3) is 2.11. The molecule has 0 atom stereocenters. The lowest BCUT2D eigenvalue weighted by molar-refractivity contribution is 0.749. The van der Waals surface area contributed by atoms with Crippen molar-refractivity contribution in [2.45, 2.75) is 46.0 Å². The monoisotopic (exact) mass is 190 g/mol. The second-order valence-corrected chi connectivity index (χ2v) is 4.11. The summed E-state index contributed by atoms with van der Waals surface area (Å²) < 4.78 is 0. The van der Waals surface area contributed by atoms with Gasteiger partial charge < -0.3 is 0 Å². The van der Waals surface area contributed by atoms with E-state index in [-0.39, 0.29) is 0 Å². The van der Waals surface area contributed by atoms with Crippen molar-refractivity contribution in [2.24, 2.45) is 5.92 Å². The molecule has 2 rings (SSSR count). The van der Waals surface area contributed by atoms with E-state index in [0.29, 0.717) is 0 Å². The van der Waals surface area contributed by atoms with E-state index in [2.05, 4.69) is 23.8 Å². The fourth-order valence-corrected chi connectivity index (χ4v) is 1.76. The minimum atomic E-state index is 0.882. The van der Waals surface area contributed by atoms with Gasteiger partial charge in [0.2, 0.25) is 0 Å². The number of nitrogens with zero attached hydrogens (tertiary/aromatic N) is 2. The molecule has 1 aliphatic carbocycles. The van der Waals surface area contributed by atoms with Crippen LogP contribution in [0.5, 0.6) is 0 Å². The lowest BCUT2D eigenvalue weighted by Gasteiger charge is -2.06. The Balaban J connectivity index is 2.16. The lowest BCUT2D eigenvalue weighted by atomic mass is 10.1. The van der Waals surface area contributed by atoms with Gasteiger partial charge in [0.05, 0.1) is 0 Å². The summed E-state index contributed by atoms with van der Waals surface area (Å²) in [4.78, 5) is 9.06. The Morgan fingerprint density at radius 3 is 2.64 bits per heavy atom. The average Bonchev–Trinajstić information content (AvgIpc) is 3.01. The predicted molar refractivity (Wildman–Crippen MR) is 57.2 cm³/mol. The van der Waals surface area contributed by atoms with Gasteiger partial charge in [0, 0.05) is 18.3 Å². The highest BCUT2D eigenvalue weighted by Gasteiger charge is 2.22. The first-order valence-electron chi connectivity index (χ1n) is 5.67. The van der Waals surface area contributed by atoms with Crippen LogP contribution in [0.15, 0.2) is 6.20 Å². The molecule has 0 amide bonds. The maximum absolute atomic E-state index is 4.63. The van der Waals surface area contributed by atoms with Crippen LogP contribution in [0.2, 0.25) is 0 Å². The summed E-state index contributed by atoms with van der Waals surface area (Å²) >= 11 is 0. The van der Waals surface area contributed by atoms with E-state index in [1.54, 1.807) is 0 Å². The summed E-state index contributed by atoms with van der Waals surface area (Å²) in [6, 6.07) is 0. The second-order valence-electron chi connectivity index (χ2n) is 4.11. The van der Waals surface area contributed by atoms with Crippen LogP contribution in [0.25, 0.3) is 0 Å². The Kier molecular flexibility index (Phi) is 2.80. The third-order valence-electron chi connectivity index (χ3n) is 2.89. The van der Waals surface area contributed by atoms with Crippen molar-refractivity contribution >= 4 is 0 Å². The molecule has 76 valence electrons. The zero-order valence-corrected chi connectivity index (χ0v) is 9.08. The molecule has 0 spiro atoms. The van der Waals surface area contributed by atoms with Crippen LogP contribution in [0.4, 0.5) is 0 Å². The van der Waals surface area contributed by atoms with Crippen LogP contribution in [0, 0.1) is 5.92 Å². The van der Waals surface area contributed by atoms with Crippen LogP contribution in [-0.4, -0.2) is 9.97 Å². The van der Waals surface area contributed by atoms with E-state index in [0.717, 1.165) is 31.0 Å². The van der Waals surface area contributed by atoms with Crippen molar-refractivity contribution in [2.75, 3.05) is 0 Å². The fraction of sp³-hybridized carbons (Fsp3) is 0.667. The van der Waals surface area contributed by atoms with E-state index in [1.165, 1.54) is 24.1 Å². The number of hydrogen-bond donors (Lipinski definition) is 0. The largest absolute Gasteiger partial charge is 0.241 e. The predicted octanol–water partition coefficient (Wildman–Crippen LogP) is 2.55. The molecule has 0 radical (unpaired) electrons. The SMILES string of the molecule is CCc1cnc(CC2CC2)nc1CC. The number of hydrogen-bond acceptors (Lipinski definition) is 2. The summed E-state index contributed by atoms with van der Waals surface area (Å²) in [6.07, 6.45) is 7.94. The standard InChI is InChI=1S/C12H18N2/c1-3-10-8-13-12(7-9-5-6-9)14-11(10)4-2/h8-9H,3-7H2,1-2H3. The van der Waals surface area contributed by atoms with E-state index in [1.807, 2.05) is 6.20 Å². The van der Waals surface area contributed by atoms with E-state index >= 15 is 0 Å². The van der Waals surface area contributed by atoms with Gasteiger partial charge in [0.15, 0.2) is 0 Å². The highest BCUT2D eigenvalue weighted by molar-refractivity contribution is 5.17. The van der Waals surface area contributed by atoms with Gasteiger partial charge >= 0.3 is 0 Å². The smallest absolute Gasteiger partial charge is 0.128 e. The second kappa shape index (κ2) is 4.07. The summed E-state index contributed by atoms with van der Waals surface area (Å²) in [6.45, 7) is 4.33. The highest BCUT2D eigenvalue weighted by atomic mass is 14.9. The summed E-state index contributed by atoms with van der Waals surface area (Å²) in [7, 11) is 0. The average molecular weight is 190 g/mol. The van der Waals surface area contributed by atoms with Crippen molar-refractivity contribution in [3.05, 3.63) is 23.3 Å². The molecule has 1 aromatic rings. The van der Waals surface area contributed by atoms with E-state index in [9.17, 15) is 0 Å². The van der Waals surface area contributed by atoms with Crippen LogP contribution < -0.4 is 0 Å². The Bertz CT molecular complexity index is 316. The fourth-order valence-electron chi connectivity index (χ4n) is 1.76. The van der Waals surface area contributed by atoms with Crippen molar-refractivity contribution < 1.29 is 0 Å². The van der Waals surface area contributed by atoms with Crippen molar-refractivity contribution in [3.63, 3.8) is 0 Å². The zero-order chi connectivity index (χ0) is 9.97. The molecule has 0 saturated heterocycles. The Hall–Kier alpha value is -0.920. The Morgan fingerprint density at radius 2 is 2.07 bits per heavy atom. The lowest BCUT2D eigenvalue weighted by Crippen LogP contribution is -2.03. The molecule has 0 bridgehead atoms. The van der Waals surface area contributed by atoms with Gasteiger partial charge in [-0.3, -0.25) is 0 Å². The normalized spacial score (nSPS) is 15.9. The minimum Gasteiger partial charge on any atom is -0.241 e. The molecule has 1 saturated carbocycles. The molecule has 1 aromatic heterocycles. The molecule has 0 aliphatic heterocycles. The van der Waals surface area contributed by atoms with Gasteiger partial charge in [0.25, 0.3) is 0 Å². The molecule has 0 aromatic carbocycles. The summed E-state index contributed by atoms with van der Waals surface area (Å²) in [5, 5.41) is 0. The molecule has 1 aliphatic rings. The maximum atomic E-state index is 4.63. The molecule has 0 N–H and O–H groups in total. The molecule has 2 heteroatoms. The molecule has 14 heavy (non-hydrogen) atoms. The zero-order valence-electron chi connectivity index (χ0n) is 9.08. The van der Waals surface area contributed by atoms with Gasteiger partial charge in [-0.25, -0.2) is 9.97 Å². The van der Waals surface area contributed by atoms with Crippen LogP contribution in [-0.2, 0) is 19.3 Å². The molecular formula is C12H18N2. The molecule has 2 nitrogen and oxygen atoms in total. The molecular weight excluding hydrogens is 172 g/mol. The summed E-state index contributed by atoms with van der Waals surface area (Å²) in [5.41, 5.74) is 2.56. The van der Waals surface area contributed by atoms with Crippen LogP contribution in [0.3, 0.4) is 0 Å².